The molecule has 0 bridgehead atoms. The summed E-state index contributed by atoms with van der Waals surface area (Å²) >= 11 is 0. The molecule has 0 N–H and O–H groups in total. The first-order valence-corrected chi connectivity index (χ1v) is 14.0. The molecule has 31 heavy (non-hydrogen) atoms. The van der Waals surface area contributed by atoms with Gasteiger partial charge in [-0.2, -0.15) is 10.4 Å². The Morgan fingerprint density at radius 2 is 1.84 bits per heavy atom. The first-order valence-electron chi connectivity index (χ1n) is 10.5. The third-order valence-electron chi connectivity index (χ3n) is 5.13. The molecule has 6 nitrogen and oxygen atoms in total. The van der Waals surface area contributed by atoms with Gasteiger partial charge in [0.15, 0.2) is 5.76 Å². The lowest BCUT2D eigenvalue weighted by Crippen LogP contribution is -2.37. The third-order valence-corrected chi connectivity index (χ3v) is 7.19. The van der Waals surface area contributed by atoms with Crippen molar-refractivity contribution in [3.8, 4) is 6.07 Å². The van der Waals surface area contributed by atoms with Crippen LogP contribution in [-0.4, -0.2) is 37.5 Å². The van der Waals surface area contributed by atoms with Crippen LogP contribution in [0.5, 0.6) is 0 Å². The van der Waals surface area contributed by atoms with Gasteiger partial charge in [-0.15, -0.1) is 0 Å². The minimum absolute atomic E-state index is 0.0706. The maximum absolute atomic E-state index is 12.2. The highest BCUT2D eigenvalue weighted by atomic mass is 28.3. The van der Waals surface area contributed by atoms with Crippen LogP contribution < -0.4 is 5.19 Å². The molecule has 0 unspecified atom stereocenters. The highest BCUT2D eigenvalue weighted by molar-refractivity contribution is 6.88. The highest BCUT2D eigenvalue weighted by Gasteiger charge is 2.31. The van der Waals surface area contributed by atoms with Crippen LogP contribution in [0, 0.1) is 23.7 Å². The maximum Gasteiger partial charge on any atom is 0.314 e. The predicted molar refractivity (Wildman–Crippen MR) is 126 cm³/mol. The SMILES string of the molecule is CCn1nc(C)cc1/C(OCC(C)(C)C(=O)OC)=C(\C#N)c1ccc([Si](C)(C)C)cc1. The molecule has 1 heterocycles. The van der Waals surface area contributed by atoms with Gasteiger partial charge < -0.3 is 9.47 Å². The Morgan fingerprint density at radius 1 is 1.23 bits per heavy atom. The summed E-state index contributed by atoms with van der Waals surface area (Å²) in [6.07, 6.45) is 0. The topological polar surface area (TPSA) is 77.1 Å². The summed E-state index contributed by atoms with van der Waals surface area (Å²) in [6.45, 7) is 15.0. The van der Waals surface area contributed by atoms with Crippen molar-refractivity contribution in [1.29, 1.82) is 5.26 Å². The molecule has 1 aromatic carbocycles. The fraction of sp³-hybridized carbons (Fsp3) is 0.458. The second kappa shape index (κ2) is 9.52. The lowest BCUT2D eigenvalue weighted by Gasteiger charge is -2.23. The average molecular weight is 440 g/mol. The van der Waals surface area contributed by atoms with Crippen molar-refractivity contribution in [1.82, 2.24) is 9.78 Å². The summed E-state index contributed by atoms with van der Waals surface area (Å²) in [4.78, 5) is 12.2. The van der Waals surface area contributed by atoms with Crippen LogP contribution >= 0.6 is 0 Å². The normalized spacial score (nSPS) is 12.7. The fourth-order valence-electron chi connectivity index (χ4n) is 3.21. The predicted octanol–water partition coefficient (Wildman–Crippen LogP) is 4.36. The molecule has 7 heteroatoms. The van der Waals surface area contributed by atoms with Crippen LogP contribution in [0.1, 0.15) is 37.7 Å². The van der Waals surface area contributed by atoms with Gasteiger partial charge >= 0.3 is 5.97 Å². The standard InChI is InChI=1S/C24H33N3O3Si/c1-9-27-21(14-17(2)26-27)22(30-16-24(3,4)23(28)29-5)20(15-25)18-10-12-19(13-11-18)31(6,7)8/h10-14H,9,16H2,1-8H3/b22-20-. The summed E-state index contributed by atoms with van der Waals surface area (Å²) in [5, 5.41) is 15.9. The van der Waals surface area contributed by atoms with Crippen molar-refractivity contribution in [3.05, 3.63) is 47.3 Å². The molecule has 0 aliphatic heterocycles. The first-order chi connectivity index (χ1) is 14.4. The van der Waals surface area contributed by atoms with Crippen LogP contribution in [0.2, 0.25) is 19.6 Å². The van der Waals surface area contributed by atoms with Crippen molar-refractivity contribution >= 4 is 30.6 Å². The lowest BCUT2D eigenvalue weighted by atomic mass is 9.95. The second-order valence-corrected chi connectivity index (χ2v) is 14.4. The number of rotatable bonds is 8. The number of aromatic nitrogens is 2. The number of nitriles is 1. The summed E-state index contributed by atoms with van der Waals surface area (Å²) < 4.78 is 12.9. The number of allylic oxidation sites excluding steroid dienone is 1. The van der Waals surface area contributed by atoms with Crippen LogP contribution in [0.15, 0.2) is 30.3 Å². The Labute approximate surface area is 186 Å². The Hall–Kier alpha value is -2.85. The monoisotopic (exact) mass is 439 g/mol. The largest absolute Gasteiger partial charge is 0.489 e. The van der Waals surface area contributed by atoms with Gasteiger partial charge in [0.05, 0.1) is 26.3 Å². The van der Waals surface area contributed by atoms with E-state index in [9.17, 15) is 10.1 Å². The number of nitrogens with zero attached hydrogens (tertiary/aromatic N) is 3. The number of methoxy groups -OCH3 is 1. The summed E-state index contributed by atoms with van der Waals surface area (Å²) in [5.41, 5.74) is 1.87. The van der Waals surface area contributed by atoms with Gasteiger partial charge in [-0.3, -0.25) is 9.48 Å². The molecular formula is C24H33N3O3Si. The first kappa shape index (κ1) is 24.4. The van der Waals surface area contributed by atoms with Crippen molar-refractivity contribution < 1.29 is 14.3 Å². The quantitative estimate of drug-likeness (QED) is 0.264. The number of carbonyl (C=O) groups excluding carboxylic acids is 1. The highest BCUT2D eigenvalue weighted by Crippen LogP contribution is 2.30. The van der Waals surface area contributed by atoms with E-state index < -0.39 is 13.5 Å². The summed E-state index contributed by atoms with van der Waals surface area (Å²) in [5.74, 6) is 0.0488. The number of ether oxygens (including phenoxy) is 2. The molecule has 166 valence electrons. The van der Waals surface area contributed by atoms with Gasteiger partial charge in [-0.05, 0) is 39.3 Å². The molecule has 0 aliphatic carbocycles. The van der Waals surface area contributed by atoms with Crippen molar-refractivity contribution in [2.75, 3.05) is 13.7 Å². The minimum Gasteiger partial charge on any atom is -0.489 e. The van der Waals surface area contributed by atoms with E-state index in [1.54, 1.807) is 13.8 Å². The zero-order chi connectivity index (χ0) is 23.4. The van der Waals surface area contributed by atoms with E-state index in [-0.39, 0.29) is 12.6 Å². The van der Waals surface area contributed by atoms with Gasteiger partial charge in [-0.1, -0.05) is 49.1 Å². The van der Waals surface area contributed by atoms with Gasteiger partial charge in [-0.25, -0.2) is 0 Å². The third kappa shape index (κ3) is 5.64. The Balaban J connectivity index is 2.62. The van der Waals surface area contributed by atoms with Crippen LogP contribution in [0.3, 0.4) is 0 Å². The zero-order valence-electron chi connectivity index (χ0n) is 19.9. The average Bonchev–Trinajstić information content (AvgIpc) is 3.10. The van der Waals surface area contributed by atoms with E-state index in [2.05, 4.69) is 42.9 Å². The molecule has 0 fully saturated rings. The van der Waals surface area contributed by atoms with Crippen LogP contribution in [-0.2, 0) is 20.8 Å². The van der Waals surface area contributed by atoms with Crippen molar-refractivity contribution in [2.45, 2.75) is 53.9 Å². The van der Waals surface area contributed by atoms with E-state index in [1.807, 2.05) is 36.7 Å². The number of hydrogen-bond donors (Lipinski definition) is 0. The molecule has 0 amide bonds. The smallest absolute Gasteiger partial charge is 0.314 e. The van der Waals surface area contributed by atoms with Crippen LogP contribution in [0.25, 0.3) is 11.3 Å². The molecule has 2 aromatic rings. The molecule has 0 radical (unpaired) electrons. The summed E-state index contributed by atoms with van der Waals surface area (Å²) in [7, 11) is -0.0981. The van der Waals surface area contributed by atoms with Crippen LogP contribution in [0.4, 0.5) is 0 Å². The second-order valence-electron chi connectivity index (χ2n) is 9.29. The number of aryl methyl sites for hydroxylation is 2. The molecule has 0 spiro atoms. The van der Waals surface area contributed by atoms with E-state index in [0.29, 0.717) is 23.6 Å². The lowest BCUT2D eigenvalue weighted by molar-refractivity contribution is -0.152. The molecule has 0 saturated heterocycles. The molecular weight excluding hydrogens is 406 g/mol. The maximum atomic E-state index is 12.2. The number of hydrogen-bond acceptors (Lipinski definition) is 5. The molecule has 2 rings (SSSR count). The van der Waals surface area contributed by atoms with Gasteiger partial charge in [0.2, 0.25) is 0 Å². The Bertz CT molecular complexity index is 1010. The van der Waals surface area contributed by atoms with Gasteiger partial charge in [0, 0.05) is 6.54 Å². The zero-order valence-corrected chi connectivity index (χ0v) is 20.9. The Morgan fingerprint density at radius 3 is 2.32 bits per heavy atom. The molecule has 1 aromatic heterocycles. The molecule has 0 saturated carbocycles. The number of benzene rings is 1. The Kier molecular flexibility index (Phi) is 7.50. The van der Waals surface area contributed by atoms with E-state index in [1.165, 1.54) is 12.3 Å². The van der Waals surface area contributed by atoms with Crippen molar-refractivity contribution in [2.24, 2.45) is 5.41 Å². The van der Waals surface area contributed by atoms with E-state index in [0.717, 1.165) is 11.3 Å². The molecule has 0 atom stereocenters. The number of esters is 1. The van der Waals surface area contributed by atoms with E-state index in [4.69, 9.17) is 9.47 Å². The van der Waals surface area contributed by atoms with Gasteiger partial charge in [0.1, 0.15) is 23.9 Å². The van der Waals surface area contributed by atoms with E-state index >= 15 is 0 Å². The van der Waals surface area contributed by atoms with Gasteiger partial charge in [0.25, 0.3) is 0 Å². The summed E-state index contributed by atoms with van der Waals surface area (Å²) in [6, 6.07) is 12.4. The minimum atomic E-state index is -1.46. The van der Waals surface area contributed by atoms with Crippen molar-refractivity contribution in [3.63, 3.8) is 0 Å². The fourth-order valence-corrected chi connectivity index (χ4v) is 4.38. The number of carbonyl (C=O) groups is 1. The molecule has 0 aliphatic rings.